The number of nitrogens with one attached hydrogen (secondary N) is 1. The Labute approximate surface area is 191 Å². The molecule has 2 atom stereocenters. The number of sulfonamides is 1. The van der Waals surface area contributed by atoms with Gasteiger partial charge in [0.05, 0.1) is 30.7 Å². The molecule has 1 aromatic carbocycles. The van der Waals surface area contributed by atoms with Crippen molar-refractivity contribution in [2.24, 2.45) is 5.92 Å². The largest absolute Gasteiger partial charge is 0.376 e. The first-order valence-corrected chi connectivity index (χ1v) is 13.4. The summed E-state index contributed by atoms with van der Waals surface area (Å²) in [6.07, 6.45) is 4.53. The molecule has 0 saturated carbocycles. The Morgan fingerprint density at radius 1 is 1.19 bits per heavy atom. The summed E-state index contributed by atoms with van der Waals surface area (Å²) >= 11 is 0. The van der Waals surface area contributed by atoms with Crippen LogP contribution in [0, 0.1) is 11.7 Å². The lowest BCUT2D eigenvalue weighted by atomic mass is 9.96. The van der Waals surface area contributed by atoms with Crippen LogP contribution < -0.4 is 9.62 Å². The summed E-state index contributed by atoms with van der Waals surface area (Å²) in [7, 11) is -3.40. The monoisotopic (exact) mass is 469 g/mol. The third-order valence-electron chi connectivity index (χ3n) is 6.19. The van der Waals surface area contributed by atoms with Crippen molar-refractivity contribution >= 4 is 21.6 Å². The summed E-state index contributed by atoms with van der Waals surface area (Å²) in [5.41, 5.74) is 0.612. The number of anilines is 1. The zero-order valence-corrected chi connectivity index (χ0v) is 20.1. The first-order chi connectivity index (χ1) is 15.1. The summed E-state index contributed by atoms with van der Waals surface area (Å²) in [5.74, 6) is 0.0565. The molecule has 180 valence electrons. The van der Waals surface area contributed by atoms with Gasteiger partial charge in [-0.15, -0.1) is 0 Å². The third kappa shape index (κ3) is 6.89. The molecule has 32 heavy (non-hydrogen) atoms. The van der Waals surface area contributed by atoms with Crippen molar-refractivity contribution in [3.8, 4) is 0 Å². The Bertz CT molecular complexity index is 872. The van der Waals surface area contributed by atoms with Crippen LogP contribution in [0.15, 0.2) is 24.3 Å². The molecule has 0 unspecified atom stereocenters. The molecule has 1 amide bonds. The van der Waals surface area contributed by atoms with Crippen LogP contribution in [0.3, 0.4) is 0 Å². The van der Waals surface area contributed by atoms with Crippen molar-refractivity contribution in [3.63, 3.8) is 0 Å². The summed E-state index contributed by atoms with van der Waals surface area (Å²) in [6, 6.07) is 6.10. The molecule has 2 saturated heterocycles. The maximum atomic E-state index is 14.1. The van der Waals surface area contributed by atoms with Gasteiger partial charge < -0.3 is 14.5 Å². The maximum absolute atomic E-state index is 14.1. The van der Waals surface area contributed by atoms with Crippen LogP contribution in [0.5, 0.6) is 0 Å². The summed E-state index contributed by atoms with van der Waals surface area (Å²) in [6.45, 7) is 6.30. The Morgan fingerprint density at radius 3 is 2.50 bits per heavy atom. The zero-order valence-electron chi connectivity index (χ0n) is 19.3. The minimum Gasteiger partial charge on any atom is -0.376 e. The third-order valence-corrected chi connectivity index (χ3v) is 6.92. The number of ether oxygens (including phenoxy) is 1. The van der Waals surface area contributed by atoms with Crippen LogP contribution in [0.4, 0.5) is 10.1 Å². The lowest BCUT2D eigenvalue weighted by Crippen LogP contribution is -2.59. The van der Waals surface area contributed by atoms with E-state index in [2.05, 4.69) is 4.72 Å². The van der Waals surface area contributed by atoms with Crippen molar-refractivity contribution in [2.75, 3.05) is 37.4 Å². The van der Waals surface area contributed by atoms with Gasteiger partial charge in [0, 0.05) is 32.1 Å². The van der Waals surface area contributed by atoms with Crippen molar-refractivity contribution in [1.29, 1.82) is 0 Å². The summed E-state index contributed by atoms with van der Waals surface area (Å²) in [5, 5.41) is 0. The number of halogens is 1. The molecule has 7 nitrogen and oxygen atoms in total. The van der Waals surface area contributed by atoms with E-state index in [1.165, 1.54) is 6.07 Å². The number of amides is 1. The van der Waals surface area contributed by atoms with Crippen molar-refractivity contribution in [2.45, 2.75) is 64.1 Å². The number of carbonyl (C=O) groups is 1. The lowest BCUT2D eigenvalue weighted by molar-refractivity contribution is -0.139. The summed E-state index contributed by atoms with van der Waals surface area (Å²) < 4.78 is 46.8. The van der Waals surface area contributed by atoms with Gasteiger partial charge in [0.25, 0.3) is 0 Å². The Morgan fingerprint density at radius 2 is 1.88 bits per heavy atom. The standard InChI is InChI=1S/C23H36FN3O4S/c1-17(2)15-23(28)27-12-6-8-20(25-32(3,29)30)22(27)16-31-18-10-13-26(14-11-18)21-9-5-4-7-19(21)24/h4-5,7,9,17-18,20,22,25H,6,8,10-16H2,1-3H3/t20-,22-/m0/s1. The average Bonchev–Trinajstić information content (AvgIpc) is 2.72. The molecule has 1 N–H and O–H groups in total. The highest BCUT2D eigenvalue weighted by Crippen LogP contribution is 2.26. The van der Waals surface area contributed by atoms with Gasteiger partial charge in [0.2, 0.25) is 15.9 Å². The minimum absolute atomic E-state index is 0.000819. The topological polar surface area (TPSA) is 79.0 Å². The Hall–Kier alpha value is -1.71. The van der Waals surface area contributed by atoms with Gasteiger partial charge >= 0.3 is 0 Å². The molecule has 0 spiro atoms. The maximum Gasteiger partial charge on any atom is 0.223 e. The van der Waals surface area contributed by atoms with Crippen molar-refractivity contribution < 1.29 is 22.3 Å². The van der Waals surface area contributed by atoms with E-state index in [1.54, 1.807) is 17.0 Å². The minimum atomic E-state index is -3.40. The number of piperidine rings is 2. The fourth-order valence-electron chi connectivity index (χ4n) is 4.66. The summed E-state index contributed by atoms with van der Waals surface area (Å²) in [4.78, 5) is 16.7. The number of hydrogen-bond donors (Lipinski definition) is 1. The van der Waals surface area contributed by atoms with Gasteiger partial charge in [-0.05, 0) is 43.7 Å². The molecule has 0 aliphatic carbocycles. The van der Waals surface area contributed by atoms with E-state index in [-0.39, 0.29) is 35.8 Å². The molecule has 1 aromatic rings. The molecule has 2 aliphatic rings. The normalized spacial score (nSPS) is 23.0. The Balaban J connectivity index is 1.62. The average molecular weight is 470 g/mol. The SMILES string of the molecule is CC(C)CC(=O)N1CCC[C@H](NS(C)(=O)=O)[C@@H]1COC1CCN(c2ccccc2F)CC1. The number of rotatable bonds is 8. The highest BCUT2D eigenvalue weighted by Gasteiger charge is 2.36. The van der Waals surface area contributed by atoms with E-state index < -0.39 is 10.0 Å². The van der Waals surface area contributed by atoms with Crippen LogP contribution in [0.2, 0.25) is 0 Å². The highest BCUT2D eigenvalue weighted by molar-refractivity contribution is 7.88. The van der Waals surface area contributed by atoms with Gasteiger partial charge in [-0.2, -0.15) is 0 Å². The first kappa shape index (κ1) is 24.9. The second-order valence-electron chi connectivity index (χ2n) is 9.36. The first-order valence-electron chi connectivity index (χ1n) is 11.5. The second-order valence-corrected chi connectivity index (χ2v) is 11.1. The second kappa shape index (κ2) is 10.9. The number of benzene rings is 1. The number of carbonyl (C=O) groups excluding carboxylic acids is 1. The van der Waals surface area contributed by atoms with E-state index in [1.807, 2.05) is 24.8 Å². The predicted octanol–water partition coefficient (Wildman–Crippen LogP) is 2.77. The number of nitrogens with zero attached hydrogens (tertiary/aromatic N) is 2. The van der Waals surface area contributed by atoms with E-state index >= 15 is 0 Å². The molecule has 3 rings (SSSR count). The van der Waals surface area contributed by atoms with Crippen LogP contribution in [0.25, 0.3) is 0 Å². The van der Waals surface area contributed by atoms with Crippen LogP contribution in [0.1, 0.15) is 46.0 Å². The fraction of sp³-hybridized carbons (Fsp3) is 0.696. The van der Waals surface area contributed by atoms with Gasteiger partial charge in [-0.3, -0.25) is 4.79 Å². The van der Waals surface area contributed by atoms with Crippen LogP contribution >= 0.6 is 0 Å². The zero-order chi connectivity index (χ0) is 23.3. The van der Waals surface area contributed by atoms with Crippen LogP contribution in [-0.4, -0.2) is 69.9 Å². The van der Waals surface area contributed by atoms with Gasteiger partial charge in [-0.1, -0.05) is 26.0 Å². The fourth-order valence-corrected chi connectivity index (χ4v) is 5.48. The Kier molecular flexibility index (Phi) is 8.52. The van der Waals surface area contributed by atoms with Crippen LogP contribution in [-0.2, 0) is 19.6 Å². The van der Waals surface area contributed by atoms with Gasteiger partial charge in [0.15, 0.2) is 0 Å². The molecular weight excluding hydrogens is 433 g/mol. The van der Waals surface area contributed by atoms with Crippen molar-refractivity contribution in [1.82, 2.24) is 9.62 Å². The van der Waals surface area contributed by atoms with Gasteiger partial charge in [-0.25, -0.2) is 17.5 Å². The molecule has 0 bridgehead atoms. The predicted molar refractivity (Wildman–Crippen MR) is 124 cm³/mol. The van der Waals surface area contributed by atoms with Gasteiger partial charge in [0.1, 0.15) is 5.82 Å². The molecule has 9 heteroatoms. The quantitative estimate of drug-likeness (QED) is 0.633. The smallest absolute Gasteiger partial charge is 0.223 e. The van der Waals surface area contributed by atoms with E-state index in [0.29, 0.717) is 44.8 Å². The number of hydrogen-bond acceptors (Lipinski definition) is 5. The molecule has 2 fully saturated rings. The van der Waals surface area contributed by atoms with Crippen molar-refractivity contribution in [3.05, 3.63) is 30.1 Å². The van der Waals surface area contributed by atoms with E-state index in [9.17, 15) is 17.6 Å². The molecular formula is C23H36FN3O4S. The lowest BCUT2D eigenvalue weighted by Gasteiger charge is -2.42. The van der Waals surface area contributed by atoms with E-state index in [4.69, 9.17) is 4.74 Å². The molecule has 2 aliphatic heterocycles. The number of para-hydroxylation sites is 1. The highest BCUT2D eigenvalue weighted by atomic mass is 32.2. The molecule has 2 heterocycles. The molecule has 0 radical (unpaired) electrons. The molecule has 0 aromatic heterocycles. The van der Waals surface area contributed by atoms with E-state index in [0.717, 1.165) is 25.5 Å². The number of likely N-dealkylation sites (tertiary alicyclic amines) is 1.